The van der Waals surface area contributed by atoms with Crippen LogP contribution in [0.3, 0.4) is 0 Å². The number of nitrogens with two attached hydrogens (primary N) is 2. The first-order valence-electron chi connectivity index (χ1n) is 8.49. The minimum absolute atomic E-state index is 0.0363. The second-order valence-corrected chi connectivity index (χ2v) is 5.89. The van der Waals surface area contributed by atoms with Gasteiger partial charge in [-0.2, -0.15) is 0 Å². The molecule has 2 heterocycles. The van der Waals surface area contributed by atoms with E-state index in [-0.39, 0.29) is 35.6 Å². The number of benzene rings is 1. The monoisotopic (exact) mass is 396 g/mol. The van der Waals surface area contributed by atoms with Crippen molar-refractivity contribution in [2.45, 2.75) is 6.04 Å². The van der Waals surface area contributed by atoms with Crippen molar-refractivity contribution in [2.75, 3.05) is 11.9 Å². The topological polar surface area (TPSA) is 146 Å². The summed E-state index contributed by atoms with van der Waals surface area (Å²) in [5.41, 5.74) is 11.3. The SMILES string of the molecule is NCC(C=O)Nc1cc(C(N)=O)nc(-c2ccc(Oc3ccc(F)cc3)nc2)n1. The lowest BCUT2D eigenvalue weighted by molar-refractivity contribution is -0.108. The number of halogens is 1. The Bertz CT molecular complexity index is 1010. The van der Waals surface area contributed by atoms with E-state index in [2.05, 4.69) is 20.3 Å². The molecule has 1 amide bonds. The molecule has 0 fully saturated rings. The molecule has 3 rings (SSSR count). The number of nitrogens with one attached hydrogen (secondary N) is 1. The fraction of sp³-hybridized carbons (Fsp3) is 0.105. The van der Waals surface area contributed by atoms with Crippen LogP contribution < -0.4 is 21.5 Å². The van der Waals surface area contributed by atoms with E-state index in [0.717, 1.165) is 0 Å². The van der Waals surface area contributed by atoms with E-state index in [1.807, 2.05) is 0 Å². The van der Waals surface area contributed by atoms with E-state index in [4.69, 9.17) is 16.2 Å². The number of rotatable bonds is 8. The van der Waals surface area contributed by atoms with Crippen LogP contribution in [-0.2, 0) is 4.79 Å². The molecule has 0 bridgehead atoms. The molecule has 0 aliphatic carbocycles. The Morgan fingerprint density at radius 3 is 2.55 bits per heavy atom. The molecule has 1 unspecified atom stereocenters. The standard InChI is InChI=1S/C19H17FN6O3/c20-12-2-4-14(5-3-12)29-17-6-1-11(9-23-17)19-25-15(18(22)28)7-16(26-19)24-13(8-21)10-27/h1-7,9-10,13H,8,21H2,(H2,22,28)(H,24,25,26). The van der Waals surface area contributed by atoms with Gasteiger partial charge < -0.3 is 26.3 Å². The highest BCUT2D eigenvalue weighted by atomic mass is 19.1. The van der Waals surface area contributed by atoms with Crippen LogP contribution in [0, 0.1) is 5.82 Å². The number of carbonyl (C=O) groups is 2. The molecule has 0 saturated heterocycles. The number of hydrogen-bond donors (Lipinski definition) is 3. The van der Waals surface area contributed by atoms with Crippen LogP contribution in [0.5, 0.6) is 11.6 Å². The van der Waals surface area contributed by atoms with Crippen molar-refractivity contribution in [3.63, 3.8) is 0 Å². The Labute approximate surface area is 164 Å². The number of primary amides is 1. The van der Waals surface area contributed by atoms with E-state index >= 15 is 0 Å². The molecule has 29 heavy (non-hydrogen) atoms. The lowest BCUT2D eigenvalue weighted by Crippen LogP contribution is -2.30. The van der Waals surface area contributed by atoms with Crippen LogP contribution in [0.25, 0.3) is 11.4 Å². The Balaban J connectivity index is 1.86. The fourth-order valence-corrected chi connectivity index (χ4v) is 2.31. The van der Waals surface area contributed by atoms with Gasteiger partial charge in [-0.1, -0.05) is 0 Å². The Morgan fingerprint density at radius 2 is 1.97 bits per heavy atom. The van der Waals surface area contributed by atoms with Crippen molar-refractivity contribution in [2.24, 2.45) is 11.5 Å². The van der Waals surface area contributed by atoms with E-state index in [1.54, 1.807) is 12.1 Å². The molecule has 5 N–H and O–H groups in total. The second-order valence-electron chi connectivity index (χ2n) is 5.89. The number of carbonyl (C=O) groups excluding carboxylic acids is 2. The molecule has 2 aromatic heterocycles. The van der Waals surface area contributed by atoms with Gasteiger partial charge in [0.25, 0.3) is 5.91 Å². The van der Waals surface area contributed by atoms with Gasteiger partial charge in [0.1, 0.15) is 29.4 Å². The molecule has 148 valence electrons. The van der Waals surface area contributed by atoms with E-state index in [0.29, 0.717) is 17.6 Å². The summed E-state index contributed by atoms with van der Waals surface area (Å²) in [6.45, 7) is 0.0473. The lowest BCUT2D eigenvalue weighted by Gasteiger charge is -2.13. The quantitative estimate of drug-likeness (QED) is 0.486. The van der Waals surface area contributed by atoms with E-state index in [9.17, 15) is 14.0 Å². The van der Waals surface area contributed by atoms with Gasteiger partial charge in [0, 0.05) is 30.4 Å². The fourth-order valence-electron chi connectivity index (χ4n) is 2.31. The summed E-state index contributed by atoms with van der Waals surface area (Å²) in [5, 5.41) is 2.80. The summed E-state index contributed by atoms with van der Waals surface area (Å²) in [7, 11) is 0. The number of anilines is 1. The van der Waals surface area contributed by atoms with Crippen molar-refractivity contribution >= 4 is 18.0 Å². The van der Waals surface area contributed by atoms with Crippen molar-refractivity contribution in [1.82, 2.24) is 15.0 Å². The molecule has 0 radical (unpaired) electrons. The Kier molecular flexibility index (Phi) is 6.05. The third kappa shape index (κ3) is 5.08. The minimum Gasteiger partial charge on any atom is -0.439 e. The van der Waals surface area contributed by atoms with Gasteiger partial charge in [-0.05, 0) is 30.3 Å². The van der Waals surface area contributed by atoms with Gasteiger partial charge >= 0.3 is 0 Å². The summed E-state index contributed by atoms with van der Waals surface area (Å²) < 4.78 is 18.5. The molecule has 1 atom stereocenters. The number of pyridine rings is 1. The molecule has 3 aromatic rings. The third-order valence-electron chi connectivity index (χ3n) is 3.76. The van der Waals surface area contributed by atoms with Crippen molar-refractivity contribution in [3.8, 4) is 23.0 Å². The summed E-state index contributed by atoms with van der Waals surface area (Å²) in [6.07, 6.45) is 2.08. The van der Waals surface area contributed by atoms with Crippen molar-refractivity contribution in [1.29, 1.82) is 0 Å². The van der Waals surface area contributed by atoms with Gasteiger partial charge in [-0.15, -0.1) is 0 Å². The molecule has 0 spiro atoms. The molecule has 10 heteroatoms. The largest absolute Gasteiger partial charge is 0.439 e. The molecule has 1 aromatic carbocycles. The molecule has 0 saturated carbocycles. The predicted octanol–water partition coefficient (Wildman–Crippen LogP) is 1.51. The summed E-state index contributed by atoms with van der Waals surface area (Å²) in [6, 6.07) is 9.35. The van der Waals surface area contributed by atoms with Crippen LogP contribution >= 0.6 is 0 Å². The van der Waals surface area contributed by atoms with E-state index < -0.39 is 11.9 Å². The average Bonchev–Trinajstić information content (AvgIpc) is 2.74. The summed E-state index contributed by atoms with van der Waals surface area (Å²) in [4.78, 5) is 35.1. The highest BCUT2D eigenvalue weighted by molar-refractivity contribution is 5.92. The zero-order chi connectivity index (χ0) is 20.8. The second kappa shape index (κ2) is 8.85. The van der Waals surface area contributed by atoms with Crippen LogP contribution in [-0.4, -0.2) is 39.7 Å². The number of nitrogens with zero attached hydrogens (tertiary/aromatic N) is 3. The number of ether oxygens (including phenoxy) is 1. The van der Waals surface area contributed by atoms with Crippen LogP contribution in [0.2, 0.25) is 0 Å². The van der Waals surface area contributed by atoms with Gasteiger partial charge in [-0.25, -0.2) is 19.3 Å². The summed E-state index contributed by atoms with van der Waals surface area (Å²) >= 11 is 0. The van der Waals surface area contributed by atoms with Crippen molar-refractivity contribution < 1.29 is 18.7 Å². The van der Waals surface area contributed by atoms with Gasteiger partial charge in [0.05, 0.1) is 6.04 Å². The lowest BCUT2D eigenvalue weighted by atomic mass is 10.2. The highest BCUT2D eigenvalue weighted by Crippen LogP contribution is 2.23. The maximum absolute atomic E-state index is 13.0. The van der Waals surface area contributed by atoms with Gasteiger partial charge in [0.15, 0.2) is 5.82 Å². The van der Waals surface area contributed by atoms with Crippen LogP contribution in [0.15, 0.2) is 48.7 Å². The van der Waals surface area contributed by atoms with Crippen molar-refractivity contribution in [3.05, 3.63) is 60.2 Å². The first-order chi connectivity index (χ1) is 14.0. The van der Waals surface area contributed by atoms with Crippen LogP contribution in [0.1, 0.15) is 10.5 Å². The molecule has 0 aliphatic heterocycles. The first kappa shape index (κ1) is 19.8. The number of amides is 1. The highest BCUT2D eigenvalue weighted by Gasteiger charge is 2.13. The zero-order valence-corrected chi connectivity index (χ0v) is 15.1. The molecule has 9 nitrogen and oxygen atoms in total. The van der Waals surface area contributed by atoms with Crippen LogP contribution in [0.4, 0.5) is 10.2 Å². The predicted molar refractivity (Wildman–Crippen MR) is 103 cm³/mol. The van der Waals surface area contributed by atoms with Gasteiger partial charge in [-0.3, -0.25) is 4.79 Å². The van der Waals surface area contributed by atoms with Gasteiger partial charge in [0.2, 0.25) is 5.88 Å². The normalized spacial score (nSPS) is 11.5. The summed E-state index contributed by atoms with van der Waals surface area (Å²) in [5.74, 6) is -0.0377. The average molecular weight is 396 g/mol. The maximum Gasteiger partial charge on any atom is 0.267 e. The smallest absolute Gasteiger partial charge is 0.267 e. The Morgan fingerprint density at radius 1 is 1.21 bits per heavy atom. The molecular weight excluding hydrogens is 379 g/mol. The Hall–Kier alpha value is -3.92. The number of hydrogen-bond acceptors (Lipinski definition) is 8. The minimum atomic E-state index is -0.753. The van der Waals surface area contributed by atoms with E-state index in [1.165, 1.54) is 36.5 Å². The molecular formula is C19H17FN6O3. The third-order valence-corrected chi connectivity index (χ3v) is 3.76. The first-order valence-corrected chi connectivity index (χ1v) is 8.49. The molecule has 0 aliphatic rings. The zero-order valence-electron chi connectivity index (χ0n) is 15.1. The number of aromatic nitrogens is 3. The maximum atomic E-state index is 13.0. The number of aldehydes is 1.